The zero-order chi connectivity index (χ0) is 14.6. The van der Waals surface area contributed by atoms with Crippen molar-refractivity contribution in [1.29, 1.82) is 0 Å². The number of guanidine groups is 1. The number of thioether (sulfide) groups is 1. The van der Waals surface area contributed by atoms with Gasteiger partial charge in [0.1, 0.15) is 5.82 Å². The first-order valence-corrected chi connectivity index (χ1v) is 7.79. The van der Waals surface area contributed by atoms with Crippen LogP contribution in [-0.2, 0) is 6.42 Å². The summed E-state index contributed by atoms with van der Waals surface area (Å²) in [4.78, 5) is 4.16. The minimum Gasteiger partial charge on any atom is -0.356 e. The molecule has 0 amide bonds. The van der Waals surface area contributed by atoms with Crippen molar-refractivity contribution < 1.29 is 4.39 Å². The SMILES string of the molecule is C=CCSCCNC(=NC)NCCc1ccc(F)cc1. The van der Waals surface area contributed by atoms with Gasteiger partial charge in [-0.25, -0.2) is 4.39 Å². The first-order valence-electron chi connectivity index (χ1n) is 6.64. The van der Waals surface area contributed by atoms with E-state index in [0.717, 1.165) is 42.5 Å². The van der Waals surface area contributed by atoms with Crippen molar-refractivity contribution in [2.24, 2.45) is 4.99 Å². The molecule has 1 rings (SSSR count). The third-order valence-corrected chi connectivity index (χ3v) is 3.58. The smallest absolute Gasteiger partial charge is 0.191 e. The van der Waals surface area contributed by atoms with Crippen LogP contribution in [0.2, 0.25) is 0 Å². The van der Waals surface area contributed by atoms with Crippen molar-refractivity contribution in [3.8, 4) is 0 Å². The van der Waals surface area contributed by atoms with Crippen LogP contribution in [0.25, 0.3) is 0 Å². The fraction of sp³-hybridized carbons (Fsp3) is 0.400. The van der Waals surface area contributed by atoms with Crippen LogP contribution in [0.3, 0.4) is 0 Å². The minimum absolute atomic E-state index is 0.198. The van der Waals surface area contributed by atoms with Crippen LogP contribution in [0.5, 0.6) is 0 Å². The molecule has 0 aliphatic carbocycles. The summed E-state index contributed by atoms with van der Waals surface area (Å²) in [6.07, 6.45) is 2.74. The molecule has 0 atom stereocenters. The van der Waals surface area contributed by atoms with Crippen molar-refractivity contribution in [2.75, 3.05) is 31.6 Å². The molecule has 0 radical (unpaired) electrons. The van der Waals surface area contributed by atoms with Crippen LogP contribution < -0.4 is 10.6 Å². The molecule has 0 unspecified atom stereocenters. The van der Waals surface area contributed by atoms with E-state index in [1.807, 2.05) is 17.8 Å². The Morgan fingerprint density at radius 3 is 2.65 bits per heavy atom. The van der Waals surface area contributed by atoms with Crippen LogP contribution in [0.15, 0.2) is 41.9 Å². The lowest BCUT2D eigenvalue weighted by Gasteiger charge is -2.11. The topological polar surface area (TPSA) is 36.4 Å². The van der Waals surface area contributed by atoms with Gasteiger partial charge in [0.05, 0.1) is 0 Å². The Bertz CT molecular complexity index is 418. The van der Waals surface area contributed by atoms with Crippen molar-refractivity contribution >= 4 is 17.7 Å². The average Bonchev–Trinajstić information content (AvgIpc) is 2.47. The van der Waals surface area contributed by atoms with Gasteiger partial charge in [0.15, 0.2) is 5.96 Å². The molecule has 1 aromatic rings. The molecular formula is C15H22FN3S. The summed E-state index contributed by atoms with van der Waals surface area (Å²) in [5.41, 5.74) is 1.11. The predicted molar refractivity (Wildman–Crippen MR) is 87.0 cm³/mol. The average molecular weight is 295 g/mol. The van der Waals surface area contributed by atoms with Crippen LogP contribution >= 0.6 is 11.8 Å². The molecule has 0 spiro atoms. The molecule has 0 aromatic heterocycles. The van der Waals surface area contributed by atoms with E-state index >= 15 is 0 Å². The Hall–Kier alpha value is -1.49. The van der Waals surface area contributed by atoms with E-state index in [1.54, 1.807) is 19.2 Å². The number of hydrogen-bond donors (Lipinski definition) is 2. The van der Waals surface area contributed by atoms with Crippen LogP contribution in [0.4, 0.5) is 4.39 Å². The third-order valence-electron chi connectivity index (χ3n) is 2.62. The monoisotopic (exact) mass is 295 g/mol. The Morgan fingerprint density at radius 2 is 2.00 bits per heavy atom. The molecule has 0 saturated heterocycles. The first-order chi connectivity index (χ1) is 9.76. The van der Waals surface area contributed by atoms with E-state index in [1.165, 1.54) is 12.1 Å². The molecule has 2 N–H and O–H groups in total. The molecule has 1 aromatic carbocycles. The van der Waals surface area contributed by atoms with Gasteiger partial charge in [-0.05, 0) is 24.1 Å². The van der Waals surface area contributed by atoms with Gasteiger partial charge < -0.3 is 10.6 Å². The minimum atomic E-state index is -0.198. The molecule has 0 fully saturated rings. The number of nitrogens with zero attached hydrogens (tertiary/aromatic N) is 1. The Balaban J connectivity index is 2.18. The summed E-state index contributed by atoms with van der Waals surface area (Å²) < 4.78 is 12.8. The quantitative estimate of drug-likeness (QED) is 0.335. The maximum Gasteiger partial charge on any atom is 0.191 e. The maximum absolute atomic E-state index is 12.8. The van der Waals surface area contributed by atoms with E-state index in [2.05, 4.69) is 22.2 Å². The number of rotatable bonds is 8. The third kappa shape index (κ3) is 7.19. The van der Waals surface area contributed by atoms with Crippen molar-refractivity contribution in [1.82, 2.24) is 10.6 Å². The van der Waals surface area contributed by atoms with E-state index in [4.69, 9.17) is 0 Å². The second kappa shape index (κ2) is 10.3. The highest BCUT2D eigenvalue weighted by Gasteiger charge is 1.98. The van der Waals surface area contributed by atoms with Gasteiger partial charge in [0.2, 0.25) is 0 Å². The molecule has 5 heteroatoms. The van der Waals surface area contributed by atoms with Gasteiger partial charge in [-0.2, -0.15) is 11.8 Å². The number of aliphatic imine (C=N–C) groups is 1. The maximum atomic E-state index is 12.8. The summed E-state index contributed by atoms with van der Waals surface area (Å²) in [6, 6.07) is 6.58. The second-order valence-corrected chi connectivity index (χ2v) is 5.32. The summed E-state index contributed by atoms with van der Waals surface area (Å²) in [7, 11) is 1.75. The van der Waals surface area contributed by atoms with Gasteiger partial charge in [-0.1, -0.05) is 18.2 Å². The van der Waals surface area contributed by atoms with Crippen LogP contribution in [0, 0.1) is 5.82 Å². The van der Waals surface area contributed by atoms with E-state index in [9.17, 15) is 4.39 Å². The predicted octanol–water partition coefficient (Wildman–Crippen LogP) is 2.45. The highest BCUT2D eigenvalue weighted by atomic mass is 32.2. The summed E-state index contributed by atoms with van der Waals surface area (Å²) in [5.74, 6) is 2.59. The zero-order valence-electron chi connectivity index (χ0n) is 11.9. The molecule has 110 valence electrons. The standard InChI is InChI=1S/C15H22FN3S/c1-3-11-20-12-10-19-15(17-2)18-9-8-13-4-6-14(16)7-5-13/h3-7H,1,8-12H2,2H3,(H2,17,18,19). The van der Waals surface area contributed by atoms with Gasteiger partial charge >= 0.3 is 0 Å². The normalized spacial score (nSPS) is 11.2. The van der Waals surface area contributed by atoms with Gasteiger partial charge in [-0.3, -0.25) is 4.99 Å². The van der Waals surface area contributed by atoms with E-state index in [-0.39, 0.29) is 5.82 Å². The molecule has 3 nitrogen and oxygen atoms in total. The van der Waals surface area contributed by atoms with Crippen LogP contribution in [-0.4, -0.2) is 37.6 Å². The largest absolute Gasteiger partial charge is 0.356 e. The Morgan fingerprint density at radius 1 is 1.30 bits per heavy atom. The zero-order valence-corrected chi connectivity index (χ0v) is 12.7. The molecule has 0 bridgehead atoms. The lowest BCUT2D eigenvalue weighted by molar-refractivity contribution is 0.626. The molecule has 0 heterocycles. The number of nitrogens with one attached hydrogen (secondary N) is 2. The van der Waals surface area contributed by atoms with Crippen molar-refractivity contribution in [2.45, 2.75) is 6.42 Å². The van der Waals surface area contributed by atoms with Crippen molar-refractivity contribution in [3.05, 3.63) is 48.3 Å². The van der Waals surface area contributed by atoms with Crippen molar-refractivity contribution in [3.63, 3.8) is 0 Å². The summed E-state index contributed by atoms with van der Waals surface area (Å²) >= 11 is 1.83. The highest BCUT2D eigenvalue weighted by molar-refractivity contribution is 7.99. The fourth-order valence-corrected chi connectivity index (χ4v) is 2.18. The second-order valence-electron chi connectivity index (χ2n) is 4.17. The molecule has 0 saturated carbocycles. The first kappa shape index (κ1) is 16.6. The number of halogens is 1. The van der Waals surface area contributed by atoms with Crippen LogP contribution in [0.1, 0.15) is 5.56 Å². The van der Waals surface area contributed by atoms with Gasteiger partial charge in [-0.15, -0.1) is 6.58 Å². The van der Waals surface area contributed by atoms with E-state index in [0.29, 0.717) is 0 Å². The molecule has 20 heavy (non-hydrogen) atoms. The fourth-order valence-electron chi connectivity index (χ4n) is 1.61. The lowest BCUT2D eigenvalue weighted by atomic mass is 10.1. The molecule has 0 aliphatic rings. The Labute approximate surface area is 124 Å². The number of benzene rings is 1. The summed E-state index contributed by atoms with van der Waals surface area (Å²) in [6.45, 7) is 5.32. The summed E-state index contributed by atoms with van der Waals surface area (Å²) in [5, 5.41) is 6.49. The number of hydrogen-bond acceptors (Lipinski definition) is 2. The highest BCUT2D eigenvalue weighted by Crippen LogP contribution is 2.02. The lowest BCUT2D eigenvalue weighted by Crippen LogP contribution is -2.39. The van der Waals surface area contributed by atoms with Gasteiger partial charge in [0, 0.05) is 31.6 Å². The van der Waals surface area contributed by atoms with Gasteiger partial charge in [0.25, 0.3) is 0 Å². The van der Waals surface area contributed by atoms with E-state index < -0.39 is 0 Å². The molecule has 0 aliphatic heterocycles. The Kier molecular flexibility index (Phi) is 8.54. The molecular weight excluding hydrogens is 273 g/mol.